The van der Waals surface area contributed by atoms with Gasteiger partial charge in [-0.3, -0.25) is 4.98 Å². The van der Waals surface area contributed by atoms with Crippen LogP contribution in [0.2, 0.25) is 0 Å². The van der Waals surface area contributed by atoms with Gasteiger partial charge in [0.15, 0.2) is 0 Å². The topological polar surface area (TPSA) is 51.6 Å². The zero-order valence-corrected chi connectivity index (χ0v) is 22.8. The molecule has 2 atom stereocenters. The monoisotopic (exact) mass is 634 g/mol. The summed E-state index contributed by atoms with van der Waals surface area (Å²) in [5, 5.41) is 10.3. The van der Waals surface area contributed by atoms with Crippen LogP contribution in [0.1, 0.15) is 50.5 Å². The number of rotatable bonds is 4. The maximum Gasteiger partial charge on any atom is 0.102 e. The lowest BCUT2D eigenvalue weighted by Crippen LogP contribution is -2.28. The normalized spacial score (nSPS) is 12.3. The third-order valence-corrected chi connectivity index (χ3v) is 6.66. The van der Waals surface area contributed by atoms with Gasteiger partial charge >= 0.3 is 0 Å². The highest BCUT2D eigenvalue weighted by molar-refractivity contribution is 14.1. The molecule has 0 radical (unpaired) electrons. The van der Waals surface area contributed by atoms with Crippen molar-refractivity contribution in [1.82, 2.24) is 20.2 Å². The minimum absolute atomic E-state index is 0.331. The van der Waals surface area contributed by atoms with Crippen LogP contribution in [0.5, 0.6) is 0 Å². The second kappa shape index (κ2) is 8.44. The molecular weight excluding hydrogens is 612 g/mol. The minimum atomic E-state index is -0.344. The van der Waals surface area contributed by atoms with E-state index in [9.17, 15) is 0 Å². The van der Waals surface area contributed by atoms with Crippen molar-refractivity contribution in [3.63, 3.8) is 0 Å². The van der Waals surface area contributed by atoms with Gasteiger partial charge in [-0.1, -0.05) is 9.24 Å². The summed E-state index contributed by atoms with van der Waals surface area (Å²) >= 11 is 4.58. The van der Waals surface area contributed by atoms with E-state index in [2.05, 4.69) is 132 Å². The molecule has 0 aromatic carbocycles. The largest absolute Gasteiger partial charge is 0.253 e. The molecule has 0 spiro atoms. The minimum Gasteiger partial charge on any atom is -0.253 e. The van der Waals surface area contributed by atoms with Gasteiger partial charge in [0.25, 0.3) is 0 Å². The van der Waals surface area contributed by atoms with Gasteiger partial charge in [0.2, 0.25) is 0 Å². The van der Waals surface area contributed by atoms with Crippen molar-refractivity contribution in [2.24, 2.45) is 0 Å². The van der Waals surface area contributed by atoms with Crippen molar-refractivity contribution in [2.75, 3.05) is 0 Å². The number of hydrogen-bond donors (Lipinski definition) is 0. The fraction of sp³-hybridized carbons (Fsp3) is 0.300. The van der Waals surface area contributed by atoms with E-state index in [-0.39, 0.29) is 10.8 Å². The van der Waals surface area contributed by atoms with E-state index in [1.807, 2.05) is 6.07 Å². The fourth-order valence-corrected chi connectivity index (χ4v) is 5.58. The summed E-state index contributed by atoms with van der Waals surface area (Å²) in [6.45, 7) is 8.52. The van der Waals surface area contributed by atoms with E-state index in [4.69, 9.17) is 9.97 Å². The van der Waals surface area contributed by atoms with Crippen molar-refractivity contribution in [2.45, 2.75) is 38.5 Å². The molecule has 3 heterocycles. The van der Waals surface area contributed by atoms with Crippen molar-refractivity contribution in [1.29, 1.82) is 0 Å². The van der Waals surface area contributed by atoms with Gasteiger partial charge in [0, 0.05) is 3.57 Å². The molecule has 0 bridgehead atoms. The van der Waals surface area contributed by atoms with Crippen LogP contribution in [0.4, 0.5) is 0 Å². The van der Waals surface area contributed by atoms with Crippen molar-refractivity contribution < 1.29 is 0 Å². The van der Waals surface area contributed by atoms with E-state index in [0.29, 0.717) is 0 Å². The summed E-state index contributed by atoms with van der Waals surface area (Å²) in [5.41, 5.74) is 4.00. The summed E-state index contributed by atoms with van der Waals surface area (Å²) in [6, 6.07) is 12.4. The van der Waals surface area contributed by atoms with Gasteiger partial charge in [0.05, 0.1) is 39.0 Å². The highest BCUT2D eigenvalue weighted by Crippen LogP contribution is 2.32. The molecule has 0 saturated heterocycles. The summed E-state index contributed by atoms with van der Waals surface area (Å²) in [5.74, 6) is 0. The third-order valence-electron chi connectivity index (χ3n) is 4.85. The Morgan fingerprint density at radius 1 is 0.714 bits per heavy atom. The standard InChI is InChI=1S/C20H22I2N4P2/c1-19(2,15-7-11(21)8-17(22)23-15)13-5-6-14(26-25-13)20(3,4)16-9-12(27)10-18(28)24-16/h5-10H,27-28H2,1-4H3. The molecule has 0 aliphatic heterocycles. The van der Waals surface area contributed by atoms with Crippen LogP contribution in [0.25, 0.3) is 0 Å². The molecule has 3 aromatic rings. The Hall–Kier alpha value is -0.300. The zero-order valence-electron chi connectivity index (χ0n) is 16.2. The molecule has 4 nitrogen and oxygen atoms in total. The fourth-order valence-electron chi connectivity index (χ4n) is 2.94. The Morgan fingerprint density at radius 2 is 1.25 bits per heavy atom. The van der Waals surface area contributed by atoms with Crippen LogP contribution in [0, 0.1) is 7.27 Å². The van der Waals surface area contributed by atoms with Crippen LogP contribution < -0.4 is 10.7 Å². The SMILES string of the molecule is CC(C)(c1ccc(C(C)(C)c2cc(I)cc(I)n2)nn1)c1cc(P)cc(P)n1. The van der Waals surface area contributed by atoms with Crippen LogP contribution in [-0.4, -0.2) is 20.2 Å². The Bertz CT molecular complexity index is 898. The highest BCUT2D eigenvalue weighted by Gasteiger charge is 2.31. The molecule has 0 aliphatic carbocycles. The maximum absolute atomic E-state index is 4.72. The number of nitrogens with zero attached hydrogens (tertiary/aromatic N) is 4. The first-order valence-corrected chi connectivity index (χ1v) is 12.0. The second-order valence-corrected chi connectivity index (χ2v) is 11.4. The summed E-state index contributed by atoms with van der Waals surface area (Å²) in [4.78, 5) is 9.41. The van der Waals surface area contributed by atoms with Gasteiger partial charge < -0.3 is 0 Å². The lowest BCUT2D eigenvalue weighted by Gasteiger charge is -2.26. The Labute approximate surface area is 198 Å². The van der Waals surface area contributed by atoms with Crippen LogP contribution >= 0.6 is 63.7 Å². The number of pyridine rings is 2. The van der Waals surface area contributed by atoms with E-state index in [1.54, 1.807) is 0 Å². The molecule has 8 heteroatoms. The Morgan fingerprint density at radius 3 is 1.71 bits per heavy atom. The van der Waals surface area contributed by atoms with E-state index in [1.165, 1.54) is 3.57 Å². The molecule has 28 heavy (non-hydrogen) atoms. The molecule has 3 aromatic heterocycles. The van der Waals surface area contributed by atoms with Crippen molar-refractivity contribution >= 4 is 74.4 Å². The first-order chi connectivity index (χ1) is 13.0. The zero-order chi connectivity index (χ0) is 20.7. The van der Waals surface area contributed by atoms with E-state index in [0.717, 1.165) is 37.2 Å². The lowest BCUT2D eigenvalue weighted by atomic mass is 9.82. The highest BCUT2D eigenvalue weighted by atomic mass is 127. The average Bonchev–Trinajstić information content (AvgIpc) is 2.60. The molecule has 0 N–H and O–H groups in total. The van der Waals surface area contributed by atoms with E-state index >= 15 is 0 Å². The van der Waals surface area contributed by atoms with Gasteiger partial charge in [-0.2, -0.15) is 10.2 Å². The van der Waals surface area contributed by atoms with Crippen LogP contribution in [0.3, 0.4) is 0 Å². The molecule has 0 fully saturated rings. The summed E-state index contributed by atoms with van der Waals surface area (Å²) in [7, 11) is 5.41. The third kappa shape index (κ3) is 4.71. The number of aromatic nitrogens is 4. The Balaban J connectivity index is 1.98. The lowest BCUT2D eigenvalue weighted by molar-refractivity contribution is 0.552. The molecular formula is C20H22I2N4P2. The van der Waals surface area contributed by atoms with Gasteiger partial charge in [-0.05, 0) is 115 Å². The predicted octanol–water partition coefficient (Wildman–Crippen LogP) is 4.13. The molecule has 0 saturated carbocycles. The van der Waals surface area contributed by atoms with Crippen LogP contribution in [-0.2, 0) is 10.8 Å². The van der Waals surface area contributed by atoms with Crippen molar-refractivity contribution in [3.05, 3.63) is 66.4 Å². The summed E-state index contributed by atoms with van der Waals surface area (Å²) in [6.07, 6.45) is 0. The summed E-state index contributed by atoms with van der Waals surface area (Å²) < 4.78 is 2.15. The molecule has 146 valence electrons. The van der Waals surface area contributed by atoms with E-state index < -0.39 is 0 Å². The number of hydrogen-bond acceptors (Lipinski definition) is 4. The first-order valence-electron chi connectivity index (χ1n) is 8.72. The maximum atomic E-state index is 4.72. The molecule has 3 rings (SSSR count). The number of halogens is 2. The second-order valence-electron chi connectivity index (χ2n) is 7.76. The van der Waals surface area contributed by atoms with Gasteiger partial charge in [-0.25, -0.2) is 4.98 Å². The smallest absolute Gasteiger partial charge is 0.102 e. The molecule has 0 aliphatic rings. The van der Waals surface area contributed by atoms with Crippen LogP contribution in [0.15, 0.2) is 36.4 Å². The average molecular weight is 634 g/mol. The molecule has 2 unspecified atom stereocenters. The predicted molar refractivity (Wildman–Crippen MR) is 139 cm³/mol. The molecule has 0 amide bonds. The van der Waals surface area contributed by atoms with Gasteiger partial charge in [-0.15, -0.1) is 9.24 Å². The van der Waals surface area contributed by atoms with Crippen molar-refractivity contribution in [3.8, 4) is 0 Å². The quantitative estimate of drug-likeness (QED) is 0.246. The Kier molecular flexibility index (Phi) is 6.75. The van der Waals surface area contributed by atoms with Gasteiger partial charge in [0.1, 0.15) is 3.70 Å². The first kappa shape index (κ1) is 22.4.